The van der Waals surface area contributed by atoms with Gasteiger partial charge in [0.1, 0.15) is 0 Å². The Kier molecular flexibility index (Phi) is 5.04. The van der Waals surface area contributed by atoms with Gasteiger partial charge in [-0.15, -0.1) is 0 Å². The van der Waals surface area contributed by atoms with Crippen molar-refractivity contribution >= 4 is 41.1 Å². The Labute approximate surface area is 127 Å². The van der Waals surface area contributed by atoms with E-state index in [0.717, 1.165) is 0 Å². The summed E-state index contributed by atoms with van der Waals surface area (Å²) in [6.45, 7) is 1.40. The van der Waals surface area contributed by atoms with Crippen molar-refractivity contribution in [2.75, 3.05) is 19.6 Å². The maximum atomic E-state index is 12.1. The molecule has 1 heterocycles. The Bertz CT molecular complexity index is 538. The summed E-state index contributed by atoms with van der Waals surface area (Å²) in [4.78, 5) is 24.9. The minimum atomic E-state index is -0.155. The van der Waals surface area contributed by atoms with Gasteiger partial charge in [0.2, 0.25) is 11.8 Å². The van der Waals surface area contributed by atoms with Gasteiger partial charge in [-0.3, -0.25) is 9.59 Å². The number of halogens is 2. The third kappa shape index (κ3) is 3.74. The number of carbonyl (C=O) groups is 2. The molecule has 0 unspecified atom stereocenters. The quantitative estimate of drug-likeness (QED) is 0.852. The van der Waals surface area contributed by atoms with Gasteiger partial charge in [-0.25, -0.2) is 0 Å². The summed E-state index contributed by atoms with van der Waals surface area (Å²) in [6, 6.07) is 5.17. The molecular formula is C14H14Cl2N2O2. The van der Waals surface area contributed by atoms with Crippen molar-refractivity contribution in [3.05, 3.63) is 39.9 Å². The summed E-state index contributed by atoms with van der Waals surface area (Å²) in [5.74, 6) is -0.184. The van der Waals surface area contributed by atoms with E-state index in [2.05, 4.69) is 5.32 Å². The molecule has 20 heavy (non-hydrogen) atoms. The fourth-order valence-electron chi connectivity index (χ4n) is 1.92. The van der Waals surface area contributed by atoms with Gasteiger partial charge in [-0.2, -0.15) is 0 Å². The van der Waals surface area contributed by atoms with E-state index in [1.165, 1.54) is 6.08 Å². The standard InChI is InChI=1S/C14H14Cl2N2O2/c15-11-2-1-3-12(16)10(11)4-5-14(20)18-8-6-13(19)17-7-9-18/h1-5H,6-9H2,(H,17,19). The van der Waals surface area contributed by atoms with Crippen molar-refractivity contribution in [2.24, 2.45) is 0 Å². The predicted molar refractivity (Wildman–Crippen MR) is 79.7 cm³/mol. The van der Waals surface area contributed by atoms with Crippen LogP contribution in [0.2, 0.25) is 10.0 Å². The summed E-state index contributed by atoms with van der Waals surface area (Å²) in [5.41, 5.74) is 0.619. The summed E-state index contributed by atoms with van der Waals surface area (Å²) in [5, 5.41) is 3.71. The SMILES string of the molecule is O=C1CCN(C(=O)C=Cc2c(Cl)cccc2Cl)CCN1. The highest BCUT2D eigenvalue weighted by Crippen LogP contribution is 2.25. The molecule has 0 aromatic heterocycles. The first-order chi connectivity index (χ1) is 9.58. The lowest BCUT2D eigenvalue weighted by Gasteiger charge is -2.17. The van der Waals surface area contributed by atoms with Crippen molar-refractivity contribution in [3.63, 3.8) is 0 Å². The van der Waals surface area contributed by atoms with Gasteiger partial charge >= 0.3 is 0 Å². The molecule has 1 aliphatic rings. The fourth-order valence-corrected chi connectivity index (χ4v) is 2.44. The molecule has 1 saturated heterocycles. The molecule has 2 amide bonds. The van der Waals surface area contributed by atoms with E-state index < -0.39 is 0 Å². The number of rotatable bonds is 2. The van der Waals surface area contributed by atoms with E-state index in [0.29, 0.717) is 41.7 Å². The molecule has 1 N–H and O–H groups in total. The van der Waals surface area contributed by atoms with Crippen LogP contribution in [0.15, 0.2) is 24.3 Å². The summed E-state index contributed by atoms with van der Waals surface area (Å²) < 4.78 is 0. The van der Waals surface area contributed by atoms with Gasteiger partial charge in [0.05, 0.1) is 0 Å². The van der Waals surface area contributed by atoms with Crippen LogP contribution in [-0.2, 0) is 9.59 Å². The largest absolute Gasteiger partial charge is 0.354 e. The molecule has 0 radical (unpaired) electrons. The highest BCUT2D eigenvalue weighted by atomic mass is 35.5. The van der Waals surface area contributed by atoms with Crippen LogP contribution >= 0.6 is 23.2 Å². The second-order valence-corrected chi connectivity index (χ2v) is 5.21. The minimum absolute atomic E-state index is 0.0292. The second-order valence-electron chi connectivity index (χ2n) is 4.39. The second kappa shape index (κ2) is 6.77. The van der Waals surface area contributed by atoms with Gasteiger partial charge in [-0.1, -0.05) is 29.3 Å². The number of benzene rings is 1. The first kappa shape index (κ1) is 14.9. The molecule has 106 valence electrons. The van der Waals surface area contributed by atoms with Gasteiger partial charge in [-0.05, 0) is 18.2 Å². The average molecular weight is 313 g/mol. The Hall–Kier alpha value is -1.52. The zero-order valence-corrected chi connectivity index (χ0v) is 12.2. The smallest absolute Gasteiger partial charge is 0.246 e. The number of hydrogen-bond acceptors (Lipinski definition) is 2. The van der Waals surface area contributed by atoms with E-state index in [-0.39, 0.29) is 11.8 Å². The van der Waals surface area contributed by atoms with Crippen LogP contribution in [0.1, 0.15) is 12.0 Å². The molecule has 6 heteroatoms. The molecule has 0 aliphatic carbocycles. The van der Waals surface area contributed by atoms with Crippen LogP contribution in [0.5, 0.6) is 0 Å². The van der Waals surface area contributed by atoms with Gasteiger partial charge in [0.15, 0.2) is 0 Å². The van der Waals surface area contributed by atoms with Gasteiger partial charge in [0, 0.05) is 47.7 Å². The topological polar surface area (TPSA) is 49.4 Å². The van der Waals surface area contributed by atoms with Crippen molar-refractivity contribution in [1.29, 1.82) is 0 Å². The first-order valence-electron chi connectivity index (χ1n) is 6.25. The Balaban J connectivity index is 2.07. The molecule has 2 rings (SSSR count). The van der Waals surface area contributed by atoms with Crippen LogP contribution in [0, 0.1) is 0 Å². The lowest BCUT2D eigenvalue weighted by atomic mass is 10.2. The third-order valence-electron chi connectivity index (χ3n) is 3.02. The first-order valence-corrected chi connectivity index (χ1v) is 7.01. The third-order valence-corrected chi connectivity index (χ3v) is 3.68. The van der Waals surface area contributed by atoms with Crippen molar-refractivity contribution in [3.8, 4) is 0 Å². The normalized spacial score (nSPS) is 16.1. The maximum Gasteiger partial charge on any atom is 0.246 e. The molecule has 4 nitrogen and oxygen atoms in total. The number of amides is 2. The molecule has 1 aliphatic heterocycles. The number of nitrogens with one attached hydrogen (secondary N) is 1. The predicted octanol–water partition coefficient (Wildman–Crippen LogP) is 2.36. The van der Waals surface area contributed by atoms with E-state index in [9.17, 15) is 9.59 Å². The zero-order valence-electron chi connectivity index (χ0n) is 10.7. The molecule has 1 aromatic carbocycles. The average Bonchev–Trinajstić information content (AvgIpc) is 2.63. The number of nitrogens with zero attached hydrogens (tertiary/aromatic N) is 1. The maximum absolute atomic E-state index is 12.1. The zero-order chi connectivity index (χ0) is 14.5. The lowest BCUT2D eigenvalue weighted by molar-refractivity contribution is -0.125. The molecule has 1 fully saturated rings. The molecule has 0 bridgehead atoms. The van der Waals surface area contributed by atoms with Crippen molar-refractivity contribution in [2.45, 2.75) is 6.42 Å². The van der Waals surface area contributed by atoms with Crippen LogP contribution in [0.3, 0.4) is 0 Å². The molecule has 0 saturated carbocycles. The Morgan fingerprint density at radius 2 is 1.95 bits per heavy atom. The lowest BCUT2D eigenvalue weighted by Crippen LogP contribution is -2.32. The van der Waals surface area contributed by atoms with Crippen LogP contribution < -0.4 is 5.32 Å². The van der Waals surface area contributed by atoms with E-state index in [1.807, 2.05) is 0 Å². The monoisotopic (exact) mass is 312 g/mol. The van der Waals surface area contributed by atoms with Crippen molar-refractivity contribution in [1.82, 2.24) is 10.2 Å². The van der Waals surface area contributed by atoms with E-state index >= 15 is 0 Å². The van der Waals surface area contributed by atoms with Crippen LogP contribution in [-0.4, -0.2) is 36.3 Å². The van der Waals surface area contributed by atoms with E-state index in [1.54, 1.807) is 29.2 Å². The van der Waals surface area contributed by atoms with Crippen LogP contribution in [0.25, 0.3) is 6.08 Å². The minimum Gasteiger partial charge on any atom is -0.354 e. The van der Waals surface area contributed by atoms with Gasteiger partial charge < -0.3 is 10.2 Å². The number of carbonyl (C=O) groups excluding carboxylic acids is 2. The highest BCUT2D eigenvalue weighted by molar-refractivity contribution is 6.37. The summed E-state index contributed by atoms with van der Waals surface area (Å²) >= 11 is 12.1. The Morgan fingerprint density at radius 3 is 2.65 bits per heavy atom. The summed E-state index contributed by atoms with van der Waals surface area (Å²) in [6.07, 6.45) is 3.36. The summed E-state index contributed by atoms with van der Waals surface area (Å²) in [7, 11) is 0. The van der Waals surface area contributed by atoms with Gasteiger partial charge in [0.25, 0.3) is 0 Å². The molecule has 1 aromatic rings. The number of hydrogen-bond donors (Lipinski definition) is 1. The molecular weight excluding hydrogens is 299 g/mol. The fraction of sp³-hybridized carbons (Fsp3) is 0.286. The molecule has 0 spiro atoms. The van der Waals surface area contributed by atoms with E-state index in [4.69, 9.17) is 23.2 Å². The Morgan fingerprint density at radius 1 is 1.25 bits per heavy atom. The van der Waals surface area contributed by atoms with Crippen LogP contribution in [0.4, 0.5) is 0 Å². The molecule has 0 atom stereocenters. The highest BCUT2D eigenvalue weighted by Gasteiger charge is 2.16. The van der Waals surface area contributed by atoms with Crippen molar-refractivity contribution < 1.29 is 9.59 Å².